The predicted octanol–water partition coefficient (Wildman–Crippen LogP) is 1.83. The molecule has 1 saturated heterocycles. The van der Waals surface area contributed by atoms with Gasteiger partial charge in [0.05, 0.1) is 5.41 Å². The van der Waals surface area contributed by atoms with Gasteiger partial charge in [-0.15, -0.1) is 0 Å². The van der Waals surface area contributed by atoms with Gasteiger partial charge in [-0.2, -0.15) is 0 Å². The average molecular weight is 280 g/mol. The number of carboxylic acid groups (broad SMARTS) is 1. The van der Waals surface area contributed by atoms with Crippen LogP contribution in [0.1, 0.15) is 18.9 Å². The van der Waals surface area contributed by atoms with Gasteiger partial charge >= 0.3 is 12.0 Å². The van der Waals surface area contributed by atoms with E-state index in [4.69, 9.17) is 5.11 Å². The normalized spacial score (nSPS) is 21.8. The number of hydrogen-bond donors (Lipinski definition) is 2. The molecule has 1 heterocycles. The molecule has 6 heteroatoms. The summed E-state index contributed by atoms with van der Waals surface area (Å²) in [6.07, 6.45) is 0.451. The molecule has 20 heavy (non-hydrogen) atoms. The minimum absolute atomic E-state index is 0.206. The molecule has 1 unspecified atom stereocenters. The van der Waals surface area contributed by atoms with Gasteiger partial charge in [0.2, 0.25) is 0 Å². The van der Waals surface area contributed by atoms with Crippen LogP contribution < -0.4 is 5.32 Å². The Morgan fingerprint density at radius 1 is 1.40 bits per heavy atom. The van der Waals surface area contributed by atoms with Gasteiger partial charge in [-0.3, -0.25) is 4.79 Å². The lowest BCUT2D eigenvalue weighted by atomic mass is 9.90. The minimum atomic E-state index is -0.883. The van der Waals surface area contributed by atoms with Crippen LogP contribution in [0.4, 0.5) is 9.18 Å². The quantitative estimate of drug-likeness (QED) is 0.887. The smallest absolute Gasteiger partial charge is 0.317 e. The van der Waals surface area contributed by atoms with Crippen molar-refractivity contribution in [1.29, 1.82) is 0 Å². The molecule has 108 valence electrons. The number of amides is 2. The molecule has 0 spiro atoms. The Kier molecular flexibility index (Phi) is 3.92. The molecular formula is C14H17FN2O3. The fourth-order valence-electron chi connectivity index (χ4n) is 2.20. The molecule has 2 N–H and O–H groups in total. The SMILES string of the molecule is CC1(C(=O)O)CCN(C(=O)NCc2ccc(F)cc2)C1. The van der Waals surface area contributed by atoms with E-state index in [1.165, 1.54) is 17.0 Å². The van der Waals surface area contributed by atoms with E-state index < -0.39 is 11.4 Å². The maximum absolute atomic E-state index is 12.7. The third-order valence-corrected chi connectivity index (χ3v) is 3.63. The molecule has 1 aliphatic heterocycles. The lowest BCUT2D eigenvalue weighted by molar-refractivity contribution is -0.146. The van der Waals surface area contributed by atoms with Crippen LogP contribution in [-0.2, 0) is 11.3 Å². The zero-order chi connectivity index (χ0) is 14.8. The number of halogens is 1. The summed E-state index contributed by atoms with van der Waals surface area (Å²) in [5.74, 6) is -1.21. The van der Waals surface area contributed by atoms with Gasteiger partial charge < -0.3 is 15.3 Å². The van der Waals surface area contributed by atoms with Crippen molar-refractivity contribution in [3.05, 3.63) is 35.6 Å². The second-order valence-corrected chi connectivity index (χ2v) is 5.32. The third-order valence-electron chi connectivity index (χ3n) is 3.63. The number of nitrogens with zero attached hydrogens (tertiary/aromatic N) is 1. The number of hydrogen-bond acceptors (Lipinski definition) is 2. The van der Waals surface area contributed by atoms with Crippen molar-refractivity contribution < 1.29 is 19.1 Å². The summed E-state index contributed by atoms with van der Waals surface area (Å²) in [6.45, 7) is 2.57. The first-order valence-electron chi connectivity index (χ1n) is 6.41. The highest BCUT2D eigenvalue weighted by Crippen LogP contribution is 2.29. The van der Waals surface area contributed by atoms with E-state index in [9.17, 15) is 14.0 Å². The number of urea groups is 1. The largest absolute Gasteiger partial charge is 0.481 e. The van der Waals surface area contributed by atoms with Crippen LogP contribution in [0.5, 0.6) is 0 Å². The summed E-state index contributed by atoms with van der Waals surface area (Å²) < 4.78 is 12.7. The van der Waals surface area contributed by atoms with Gasteiger partial charge in [-0.05, 0) is 31.0 Å². The highest BCUT2D eigenvalue weighted by atomic mass is 19.1. The Balaban J connectivity index is 1.87. The maximum Gasteiger partial charge on any atom is 0.317 e. The van der Waals surface area contributed by atoms with Crippen LogP contribution in [-0.4, -0.2) is 35.1 Å². The van der Waals surface area contributed by atoms with Crippen LogP contribution in [0.3, 0.4) is 0 Å². The van der Waals surface area contributed by atoms with Gasteiger partial charge in [-0.25, -0.2) is 9.18 Å². The number of carbonyl (C=O) groups is 2. The van der Waals surface area contributed by atoms with Crippen LogP contribution in [0.2, 0.25) is 0 Å². The van der Waals surface area contributed by atoms with E-state index in [0.717, 1.165) is 5.56 Å². The molecular weight excluding hydrogens is 263 g/mol. The predicted molar refractivity (Wildman–Crippen MR) is 70.6 cm³/mol. The number of carboxylic acids is 1. The highest BCUT2D eigenvalue weighted by molar-refractivity contribution is 5.79. The molecule has 2 rings (SSSR count). The van der Waals surface area contributed by atoms with E-state index in [1.54, 1.807) is 19.1 Å². The monoisotopic (exact) mass is 280 g/mol. The van der Waals surface area contributed by atoms with E-state index in [0.29, 0.717) is 19.5 Å². The molecule has 1 aromatic rings. The molecule has 0 radical (unpaired) electrons. The van der Waals surface area contributed by atoms with E-state index in [1.807, 2.05) is 0 Å². The summed E-state index contributed by atoms with van der Waals surface area (Å²) in [7, 11) is 0. The Morgan fingerprint density at radius 2 is 2.05 bits per heavy atom. The second-order valence-electron chi connectivity index (χ2n) is 5.32. The number of rotatable bonds is 3. The van der Waals surface area contributed by atoms with Crippen molar-refractivity contribution in [3.63, 3.8) is 0 Å². The van der Waals surface area contributed by atoms with Crippen molar-refractivity contribution >= 4 is 12.0 Å². The third kappa shape index (κ3) is 3.07. The van der Waals surface area contributed by atoms with Gasteiger partial charge in [0.25, 0.3) is 0 Å². The minimum Gasteiger partial charge on any atom is -0.481 e. The first kappa shape index (κ1) is 14.3. The Bertz CT molecular complexity index is 518. The van der Waals surface area contributed by atoms with Crippen molar-refractivity contribution in [3.8, 4) is 0 Å². The second kappa shape index (κ2) is 5.48. The van der Waals surface area contributed by atoms with Crippen molar-refractivity contribution in [2.75, 3.05) is 13.1 Å². The van der Waals surface area contributed by atoms with E-state index in [2.05, 4.69) is 5.32 Å². The molecule has 1 aliphatic rings. The fraction of sp³-hybridized carbons (Fsp3) is 0.429. The number of aliphatic carboxylic acids is 1. The summed E-state index contributed by atoms with van der Waals surface area (Å²) in [4.78, 5) is 24.6. The molecule has 0 aromatic heterocycles. The topological polar surface area (TPSA) is 69.6 Å². The number of carbonyl (C=O) groups excluding carboxylic acids is 1. The summed E-state index contributed by atoms with van der Waals surface area (Å²) in [5.41, 5.74) is -0.0762. The van der Waals surface area contributed by atoms with Gasteiger partial charge in [-0.1, -0.05) is 12.1 Å². The number of nitrogens with one attached hydrogen (secondary N) is 1. The zero-order valence-electron chi connectivity index (χ0n) is 11.2. The lowest BCUT2D eigenvalue weighted by Gasteiger charge is -2.20. The zero-order valence-corrected chi connectivity index (χ0v) is 11.2. The molecule has 1 atom stereocenters. The molecule has 1 aromatic carbocycles. The lowest BCUT2D eigenvalue weighted by Crippen LogP contribution is -2.40. The first-order chi connectivity index (χ1) is 9.40. The highest BCUT2D eigenvalue weighted by Gasteiger charge is 2.42. The van der Waals surface area contributed by atoms with Gasteiger partial charge in [0.15, 0.2) is 0 Å². The molecule has 0 aliphatic carbocycles. The van der Waals surface area contributed by atoms with Crippen LogP contribution >= 0.6 is 0 Å². The van der Waals surface area contributed by atoms with Crippen molar-refractivity contribution in [1.82, 2.24) is 10.2 Å². The Morgan fingerprint density at radius 3 is 2.60 bits per heavy atom. The number of benzene rings is 1. The average Bonchev–Trinajstić information content (AvgIpc) is 2.82. The molecule has 2 amide bonds. The van der Waals surface area contributed by atoms with Gasteiger partial charge in [0, 0.05) is 19.6 Å². The summed E-state index contributed by atoms with van der Waals surface area (Å²) in [5, 5.41) is 11.8. The number of likely N-dealkylation sites (tertiary alicyclic amines) is 1. The van der Waals surface area contributed by atoms with Crippen LogP contribution in [0.15, 0.2) is 24.3 Å². The summed E-state index contributed by atoms with van der Waals surface area (Å²) >= 11 is 0. The van der Waals surface area contributed by atoms with Crippen LogP contribution in [0, 0.1) is 11.2 Å². The molecule has 1 fully saturated rings. The fourth-order valence-corrected chi connectivity index (χ4v) is 2.20. The van der Waals surface area contributed by atoms with Crippen molar-refractivity contribution in [2.45, 2.75) is 19.9 Å². The standard InChI is InChI=1S/C14H17FN2O3/c1-14(12(18)19)6-7-17(9-14)13(20)16-8-10-2-4-11(15)5-3-10/h2-5H,6-9H2,1H3,(H,16,20)(H,18,19). The molecule has 5 nitrogen and oxygen atoms in total. The van der Waals surface area contributed by atoms with Gasteiger partial charge in [0.1, 0.15) is 5.82 Å². The maximum atomic E-state index is 12.7. The van der Waals surface area contributed by atoms with E-state index >= 15 is 0 Å². The van der Waals surface area contributed by atoms with Crippen LogP contribution in [0.25, 0.3) is 0 Å². The molecule has 0 bridgehead atoms. The molecule has 0 saturated carbocycles. The van der Waals surface area contributed by atoms with E-state index in [-0.39, 0.29) is 18.4 Å². The first-order valence-corrected chi connectivity index (χ1v) is 6.41. The van der Waals surface area contributed by atoms with Crippen molar-refractivity contribution in [2.24, 2.45) is 5.41 Å². The Labute approximate surface area is 116 Å². The summed E-state index contributed by atoms with van der Waals surface area (Å²) in [6, 6.07) is 5.57. The Hall–Kier alpha value is -2.11.